The van der Waals surface area contributed by atoms with Crippen LogP contribution in [-0.2, 0) is 27.3 Å². The van der Waals surface area contributed by atoms with Crippen molar-refractivity contribution in [2.24, 2.45) is 0 Å². The van der Waals surface area contributed by atoms with Crippen molar-refractivity contribution in [2.45, 2.75) is 93.5 Å². The second-order valence-electron chi connectivity index (χ2n) is 18.3. The molecule has 4 aromatic rings. The number of phenols is 1. The summed E-state index contributed by atoms with van der Waals surface area (Å²) in [6, 6.07) is 29.7. The van der Waals surface area contributed by atoms with E-state index >= 15 is 0 Å². The third kappa shape index (κ3) is 6.70. The van der Waals surface area contributed by atoms with Gasteiger partial charge >= 0.3 is 0 Å². The van der Waals surface area contributed by atoms with Crippen molar-refractivity contribution < 1.29 is 29.0 Å². The summed E-state index contributed by atoms with van der Waals surface area (Å²) < 4.78 is 13.3. The highest BCUT2D eigenvalue weighted by Gasteiger charge is 2.45. The molecular formula is C49H53N5O6. The standard InChI is InChI=1S/C49H53N5O6/c55-37-11-13-40-33(24-37)8-12-39(31-4-2-1-3-5-31)46(40)32-6-9-35(10-7-32)52-20-18-49(19-21-52)17-16-38(60-49)29-51-22-23-53-36(28-51)30-59-44-26-41-34(25-43(44)53)27-54(48(41)58)42-14-15-45(56)50-47(42)57/h1-7,9-11,13,24-26,36,38-39,42,46,55H,8,12,14-23,27-30H2,(H,50,56,57)/t36-,38?,39+,42?,46-/m0/s1. The molecule has 11 nitrogen and oxygen atoms in total. The first-order valence-electron chi connectivity index (χ1n) is 22.1. The zero-order chi connectivity index (χ0) is 40.5. The smallest absolute Gasteiger partial charge is 0.255 e. The Hall–Kier alpha value is -5.39. The van der Waals surface area contributed by atoms with Crippen LogP contribution in [-0.4, -0.2) is 102 Å². The van der Waals surface area contributed by atoms with Gasteiger partial charge in [0.25, 0.3) is 5.91 Å². The summed E-state index contributed by atoms with van der Waals surface area (Å²) in [5.74, 6) is 0.870. The van der Waals surface area contributed by atoms with E-state index in [0.29, 0.717) is 36.8 Å². The highest BCUT2D eigenvalue weighted by atomic mass is 16.5. The van der Waals surface area contributed by atoms with Gasteiger partial charge in [0.15, 0.2) is 0 Å². The van der Waals surface area contributed by atoms with Gasteiger partial charge in [-0.2, -0.15) is 0 Å². The summed E-state index contributed by atoms with van der Waals surface area (Å²) in [6.07, 6.45) is 7.13. The highest BCUT2D eigenvalue weighted by Crippen LogP contribution is 2.48. The monoisotopic (exact) mass is 807 g/mol. The average Bonchev–Trinajstić information content (AvgIpc) is 3.81. The van der Waals surface area contributed by atoms with E-state index < -0.39 is 11.9 Å². The van der Waals surface area contributed by atoms with Crippen LogP contribution < -0.4 is 19.9 Å². The van der Waals surface area contributed by atoms with Crippen LogP contribution >= 0.6 is 0 Å². The molecule has 0 saturated carbocycles. The zero-order valence-electron chi connectivity index (χ0n) is 34.1. The third-order valence-corrected chi connectivity index (χ3v) is 14.8. The Morgan fingerprint density at radius 1 is 0.783 bits per heavy atom. The number of hydrogen-bond donors (Lipinski definition) is 2. The van der Waals surface area contributed by atoms with Gasteiger partial charge in [0.1, 0.15) is 24.1 Å². The van der Waals surface area contributed by atoms with Crippen molar-refractivity contribution in [3.8, 4) is 11.5 Å². The van der Waals surface area contributed by atoms with Gasteiger partial charge in [0.05, 0.1) is 23.4 Å². The predicted octanol–water partition coefficient (Wildman–Crippen LogP) is 6.12. The lowest BCUT2D eigenvalue weighted by atomic mass is 9.69. The molecule has 4 fully saturated rings. The fourth-order valence-corrected chi connectivity index (χ4v) is 11.7. The van der Waals surface area contributed by atoms with Crippen LogP contribution in [0.25, 0.3) is 0 Å². The van der Waals surface area contributed by atoms with Crippen LogP contribution in [0.4, 0.5) is 11.4 Å². The molecule has 4 saturated heterocycles. The Labute approximate surface area is 351 Å². The summed E-state index contributed by atoms with van der Waals surface area (Å²) in [6.45, 7) is 6.54. The van der Waals surface area contributed by atoms with Crippen LogP contribution in [0.2, 0.25) is 0 Å². The van der Waals surface area contributed by atoms with Gasteiger partial charge < -0.3 is 29.3 Å². The lowest BCUT2D eigenvalue weighted by Crippen LogP contribution is -2.58. The molecule has 0 bridgehead atoms. The maximum Gasteiger partial charge on any atom is 0.255 e. The van der Waals surface area contributed by atoms with E-state index in [1.807, 2.05) is 18.2 Å². The number of aryl methyl sites for hydroxylation is 1. The Morgan fingerprint density at radius 3 is 2.43 bits per heavy atom. The molecule has 3 amide bonds. The molecule has 4 aromatic carbocycles. The number of carbonyl (C=O) groups is 3. The van der Waals surface area contributed by atoms with E-state index in [1.165, 1.54) is 27.9 Å². The number of rotatable bonds is 6. The van der Waals surface area contributed by atoms with Gasteiger partial charge in [-0.3, -0.25) is 24.6 Å². The number of ether oxygens (including phenoxy) is 2. The number of carbonyl (C=O) groups excluding carboxylic acids is 3. The normalized spacial score (nSPS) is 27.2. The van der Waals surface area contributed by atoms with E-state index in [0.717, 1.165) is 94.8 Å². The van der Waals surface area contributed by atoms with E-state index in [9.17, 15) is 19.5 Å². The van der Waals surface area contributed by atoms with E-state index in [1.54, 1.807) is 4.90 Å². The van der Waals surface area contributed by atoms with Crippen molar-refractivity contribution in [1.29, 1.82) is 0 Å². The van der Waals surface area contributed by atoms with Crippen molar-refractivity contribution in [1.82, 2.24) is 15.1 Å². The summed E-state index contributed by atoms with van der Waals surface area (Å²) in [5.41, 5.74) is 9.05. The van der Waals surface area contributed by atoms with Gasteiger partial charge in [-0.05, 0) is 115 Å². The summed E-state index contributed by atoms with van der Waals surface area (Å²) in [5, 5.41) is 12.7. The third-order valence-electron chi connectivity index (χ3n) is 14.8. The minimum atomic E-state index is -0.628. The fourth-order valence-electron chi connectivity index (χ4n) is 11.7. The number of anilines is 2. The SMILES string of the molecule is O=C1CCC(N2Cc3cc4c(cc3C2=O)OC[C@@H]2CN(CC3CCC5(CCN(c6ccc([C@@H]7c8ccc(O)cc8CC[C@@H]7c7ccccc7)cc6)CC5)O3)CCN42)C(=O)N1. The van der Waals surface area contributed by atoms with E-state index in [2.05, 4.69) is 86.7 Å². The lowest BCUT2D eigenvalue weighted by molar-refractivity contribution is -0.136. The predicted molar refractivity (Wildman–Crippen MR) is 228 cm³/mol. The maximum atomic E-state index is 13.4. The molecule has 1 spiro atoms. The van der Waals surface area contributed by atoms with E-state index in [-0.39, 0.29) is 41.9 Å². The summed E-state index contributed by atoms with van der Waals surface area (Å²) >= 11 is 0. The van der Waals surface area contributed by atoms with Crippen LogP contribution in [0, 0.1) is 0 Å². The van der Waals surface area contributed by atoms with Gasteiger partial charge in [-0.1, -0.05) is 48.5 Å². The average molecular weight is 808 g/mol. The number of benzene rings is 4. The highest BCUT2D eigenvalue weighted by molar-refractivity contribution is 6.06. The van der Waals surface area contributed by atoms with Crippen LogP contribution in [0.15, 0.2) is 84.9 Å². The van der Waals surface area contributed by atoms with Gasteiger partial charge in [-0.15, -0.1) is 0 Å². The number of amides is 3. The number of hydrogen-bond acceptors (Lipinski definition) is 9. The summed E-state index contributed by atoms with van der Waals surface area (Å²) in [4.78, 5) is 46.8. The van der Waals surface area contributed by atoms with Crippen LogP contribution in [0.3, 0.4) is 0 Å². The van der Waals surface area contributed by atoms with Gasteiger partial charge in [0.2, 0.25) is 11.8 Å². The molecule has 6 aliphatic heterocycles. The Kier molecular flexibility index (Phi) is 9.37. The molecule has 2 unspecified atom stereocenters. The first-order valence-corrected chi connectivity index (χ1v) is 22.1. The minimum absolute atomic E-state index is 0.0460. The molecule has 11 heteroatoms. The zero-order valence-corrected chi connectivity index (χ0v) is 34.1. The molecule has 2 N–H and O–H groups in total. The second kappa shape index (κ2) is 15.0. The number of nitrogens with one attached hydrogen (secondary N) is 1. The number of imide groups is 1. The Bertz CT molecular complexity index is 2330. The van der Waals surface area contributed by atoms with Crippen molar-refractivity contribution in [3.05, 3.63) is 118 Å². The lowest BCUT2D eigenvalue weighted by Gasteiger charge is -2.46. The quantitative estimate of drug-likeness (QED) is 0.223. The molecule has 6 heterocycles. The Balaban J connectivity index is 0.699. The molecule has 0 aromatic heterocycles. The first kappa shape index (κ1) is 37.6. The van der Waals surface area contributed by atoms with Crippen LogP contribution in [0.5, 0.6) is 11.5 Å². The number of piperazine rings is 1. The second-order valence-corrected chi connectivity index (χ2v) is 18.3. The van der Waals surface area contributed by atoms with Gasteiger partial charge in [0, 0.05) is 69.4 Å². The number of piperidine rings is 2. The van der Waals surface area contributed by atoms with E-state index in [4.69, 9.17) is 9.47 Å². The number of nitrogens with zero attached hydrogens (tertiary/aromatic N) is 4. The largest absolute Gasteiger partial charge is 0.508 e. The molecule has 5 atom stereocenters. The maximum absolute atomic E-state index is 13.4. The topological polar surface area (TPSA) is 115 Å². The molecule has 60 heavy (non-hydrogen) atoms. The first-order chi connectivity index (χ1) is 29.3. The molecule has 310 valence electrons. The van der Waals surface area contributed by atoms with Crippen molar-refractivity contribution >= 4 is 29.1 Å². The summed E-state index contributed by atoms with van der Waals surface area (Å²) in [7, 11) is 0. The minimum Gasteiger partial charge on any atom is -0.508 e. The Morgan fingerprint density at radius 2 is 1.62 bits per heavy atom. The number of phenolic OH excluding ortho intramolecular Hbond substituents is 1. The fraction of sp³-hybridized carbons (Fsp3) is 0.449. The van der Waals surface area contributed by atoms with Gasteiger partial charge in [-0.25, -0.2) is 0 Å². The number of aromatic hydroxyl groups is 1. The van der Waals surface area contributed by atoms with Crippen molar-refractivity contribution in [3.63, 3.8) is 0 Å². The number of fused-ring (bicyclic) bond motifs is 5. The molecular weight excluding hydrogens is 755 g/mol. The molecule has 11 rings (SSSR count). The van der Waals surface area contributed by atoms with Crippen molar-refractivity contribution in [2.75, 3.05) is 55.7 Å². The molecule has 7 aliphatic rings. The molecule has 0 radical (unpaired) electrons. The molecule has 1 aliphatic carbocycles. The van der Waals surface area contributed by atoms with Crippen LogP contribution in [0.1, 0.15) is 95.0 Å².